The minimum atomic E-state index is 0.0558. The van der Waals surface area contributed by atoms with Crippen LogP contribution in [0, 0.1) is 5.92 Å². The summed E-state index contributed by atoms with van der Waals surface area (Å²) in [6.07, 6.45) is 5.07. The van der Waals surface area contributed by atoms with Crippen molar-refractivity contribution in [1.82, 2.24) is 19.9 Å². The predicted molar refractivity (Wildman–Crippen MR) is 106 cm³/mol. The van der Waals surface area contributed by atoms with Crippen molar-refractivity contribution in [2.75, 3.05) is 13.1 Å². The Morgan fingerprint density at radius 2 is 1.74 bits per heavy atom. The first-order chi connectivity index (χ1) is 13.0. The van der Waals surface area contributed by atoms with Gasteiger partial charge in [0.25, 0.3) is 5.91 Å². The summed E-state index contributed by atoms with van der Waals surface area (Å²) in [7, 11) is 0. The van der Waals surface area contributed by atoms with Gasteiger partial charge < -0.3 is 4.90 Å². The molecule has 0 unspecified atom stereocenters. The molecule has 2 aromatic rings. The molecule has 0 N–H and O–H groups in total. The first-order valence-electron chi connectivity index (χ1n) is 8.99. The number of piperidine rings is 1. The Hall–Kier alpha value is -2.54. The number of carbonyl (C=O) groups excluding carboxylic acids is 1. The van der Waals surface area contributed by atoms with Gasteiger partial charge in [0.2, 0.25) is 0 Å². The molecule has 1 fully saturated rings. The third kappa shape index (κ3) is 5.23. The molecule has 142 valence electrons. The lowest BCUT2D eigenvalue weighted by molar-refractivity contribution is 0.0710. The van der Waals surface area contributed by atoms with Gasteiger partial charge in [0.15, 0.2) is 0 Å². The Balaban J connectivity index is 1.53. The Morgan fingerprint density at radius 1 is 1.11 bits per heavy atom. The molecule has 2 heterocycles. The number of hydrogen-bond donors (Lipinski definition) is 0. The van der Waals surface area contributed by atoms with E-state index in [0.29, 0.717) is 23.0 Å². The fourth-order valence-corrected chi connectivity index (χ4v) is 3.21. The van der Waals surface area contributed by atoms with Gasteiger partial charge in [-0.2, -0.15) is 25.2 Å². The highest BCUT2D eigenvalue weighted by molar-refractivity contribution is 6.30. The van der Waals surface area contributed by atoms with Crippen LogP contribution >= 0.6 is 11.6 Å². The lowest BCUT2D eigenvalue weighted by atomic mass is 9.92. The highest BCUT2D eigenvalue weighted by Gasteiger charge is 2.25. The van der Waals surface area contributed by atoms with Gasteiger partial charge in [0.1, 0.15) is 6.54 Å². The summed E-state index contributed by atoms with van der Waals surface area (Å²) < 4.78 is 0. The third-order valence-electron chi connectivity index (χ3n) is 4.68. The third-order valence-corrected chi connectivity index (χ3v) is 4.93. The van der Waals surface area contributed by atoms with Crippen molar-refractivity contribution in [3.63, 3.8) is 0 Å². The van der Waals surface area contributed by atoms with Gasteiger partial charge in [0, 0.05) is 35.3 Å². The standard InChI is InChI=1S/C19H23ClN6O/c1-14(13-26-21-9-10-22-26)23-24-15(2)16-7-11-25(12-8-16)19(27)17-3-5-18(20)6-4-17/h3-6,9-10,16H,7-8,11-13H2,1-2H3/b23-14+,24-15+. The number of aromatic nitrogens is 3. The van der Waals surface area contributed by atoms with Crippen LogP contribution < -0.4 is 0 Å². The van der Waals surface area contributed by atoms with Crippen molar-refractivity contribution in [2.45, 2.75) is 33.2 Å². The molecule has 1 aromatic heterocycles. The number of benzene rings is 1. The summed E-state index contributed by atoms with van der Waals surface area (Å²) in [6, 6.07) is 7.04. The first-order valence-corrected chi connectivity index (χ1v) is 9.37. The monoisotopic (exact) mass is 386 g/mol. The molecule has 1 aromatic carbocycles. The minimum Gasteiger partial charge on any atom is -0.339 e. The Morgan fingerprint density at radius 3 is 2.37 bits per heavy atom. The van der Waals surface area contributed by atoms with Crippen molar-refractivity contribution in [2.24, 2.45) is 16.1 Å². The van der Waals surface area contributed by atoms with Gasteiger partial charge in [-0.05, 0) is 51.0 Å². The van der Waals surface area contributed by atoms with E-state index in [1.54, 1.807) is 41.5 Å². The molecular weight excluding hydrogens is 364 g/mol. The second-order valence-electron chi connectivity index (χ2n) is 6.71. The quantitative estimate of drug-likeness (QED) is 0.584. The van der Waals surface area contributed by atoms with E-state index in [1.807, 2.05) is 18.7 Å². The molecule has 0 aliphatic carbocycles. The van der Waals surface area contributed by atoms with Crippen LogP contribution in [0.15, 0.2) is 46.9 Å². The van der Waals surface area contributed by atoms with Crippen LogP contribution in [-0.2, 0) is 6.54 Å². The summed E-state index contributed by atoms with van der Waals surface area (Å²) in [5.41, 5.74) is 2.53. The van der Waals surface area contributed by atoms with Crippen LogP contribution in [0.1, 0.15) is 37.0 Å². The van der Waals surface area contributed by atoms with Crippen molar-refractivity contribution in [3.05, 3.63) is 47.2 Å². The van der Waals surface area contributed by atoms with Crippen molar-refractivity contribution >= 4 is 28.9 Å². The van der Waals surface area contributed by atoms with Crippen LogP contribution in [0.25, 0.3) is 0 Å². The van der Waals surface area contributed by atoms with E-state index < -0.39 is 0 Å². The van der Waals surface area contributed by atoms with Gasteiger partial charge >= 0.3 is 0 Å². The van der Waals surface area contributed by atoms with E-state index in [4.69, 9.17) is 11.6 Å². The van der Waals surface area contributed by atoms with Gasteiger partial charge in [-0.1, -0.05) is 11.6 Å². The lowest BCUT2D eigenvalue weighted by Gasteiger charge is -2.31. The van der Waals surface area contributed by atoms with Gasteiger partial charge in [-0.15, -0.1) is 0 Å². The van der Waals surface area contributed by atoms with Gasteiger partial charge in [0.05, 0.1) is 18.1 Å². The highest BCUT2D eigenvalue weighted by Crippen LogP contribution is 2.21. The Labute approximate surface area is 163 Å². The minimum absolute atomic E-state index is 0.0558. The number of rotatable bonds is 5. The van der Waals surface area contributed by atoms with Crippen LogP contribution in [0.2, 0.25) is 5.02 Å². The second-order valence-corrected chi connectivity index (χ2v) is 7.15. The van der Waals surface area contributed by atoms with Crippen molar-refractivity contribution in [1.29, 1.82) is 0 Å². The van der Waals surface area contributed by atoms with Crippen molar-refractivity contribution in [3.8, 4) is 0 Å². The van der Waals surface area contributed by atoms with E-state index in [2.05, 4.69) is 20.4 Å². The number of nitrogens with zero attached hydrogens (tertiary/aromatic N) is 6. The number of carbonyl (C=O) groups is 1. The zero-order valence-electron chi connectivity index (χ0n) is 15.5. The molecule has 1 amide bonds. The first kappa shape index (κ1) is 19.2. The summed E-state index contributed by atoms with van der Waals surface area (Å²) in [5.74, 6) is 0.402. The Kier molecular flexibility index (Phi) is 6.34. The van der Waals surface area contributed by atoms with Crippen LogP contribution in [-0.4, -0.2) is 50.3 Å². The van der Waals surface area contributed by atoms with E-state index >= 15 is 0 Å². The van der Waals surface area contributed by atoms with E-state index in [1.165, 1.54) is 0 Å². The maximum Gasteiger partial charge on any atom is 0.253 e. The van der Waals surface area contributed by atoms with E-state index in [9.17, 15) is 4.79 Å². The molecule has 0 atom stereocenters. The summed E-state index contributed by atoms with van der Waals surface area (Å²) in [4.78, 5) is 16.0. The number of amides is 1. The largest absolute Gasteiger partial charge is 0.339 e. The zero-order chi connectivity index (χ0) is 19.2. The molecule has 0 bridgehead atoms. The molecule has 0 saturated carbocycles. The summed E-state index contributed by atoms with van der Waals surface area (Å²) in [5, 5.41) is 17.4. The normalized spacial score (nSPS) is 16.6. The average molecular weight is 387 g/mol. The van der Waals surface area contributed by atoms with E-state index in [-0.39, 0.29) is 5.91 Å². The molecule has 27 heavy (non-hydrogen) atoms. The van der Waals surface area contributed by atoms with Gasteiger partial charge in [-0.25, -0.2) is 0 Å². The smallest absolute Gasteiger partial charge is 0.253 e. The summed E-state index contributed by atoms with van der Waals surface area (Å²) in [6.45, 7) is 5.88. The molecule has 0 radical (unpaired) electrons. The van der Waals surface area contributed by atoms with Crippen LogP contribution in [0.4, 0.5) is 0 Å². The topological polar surface area (TPSA) is 75.7 Å². The predicted octanol–water partition coefficient (Wildman–Crippen LogP) is 3.32. The highest BCUT2D eigenvalue weighted by atomic mass is 35.5. The SMILES string of the molecule is C/C(Cn1nccn1)=N\N=C(/C)C1CCN(C(=O)c2ccc(Cl)cc2)CC1. The van der Waals surface area contributed by atoms with E-state index in [0.717, 1.165) is 37.4 Å². The maximum atomic E-state index is 12.6. The fraction of sp³-hybridized carbons (Fsp3) is 0.421. The molecule has 1 aliphatic rings. The Bertz CT molecular complexity index is 820. The van der Waals surface area contributed by atoms with Crippen molar-refractivity contribution < 1.29 is 4.79 Å². The molecular formula is C19H23ClN6O. The van der Waals surface area contributed by atoms with Gasteiger partial charge in [-0.3, -0.25) is 4.79 Å². The fourth-order valence-electron chi connectivity index (χ4n) is 3.08. The molecule has 8 heteroatoms. The second kappa shape index (κ2) is 8.90. The maximum absolute atomic E-state index is 12.6. The van der Waals surface area contributed by atoms with Crippen LogP contribution in [0.5, 0.6) is 0 Å². The lowest BCUT2D eigenvalue weighted by Crippen LogP contribution is -2.39. The zero-order valence-corrected chi connectivity index (χ0v) is 16.3. The number of hydrogen-bond acceptors (Lipinski definition) is 5. The number of likely N-dealkylation sites (tertiary alicyclic amines) is 1. The number of halogens is 1. The molecule has 3 rings (SSSR count). The molecule has 1 saturated heterocycles. The molecule has 0 spiro atoms. The van der Waals surface area contributed by atoms with Crippen LogP contribution in [0.3, 0.4) is 0 Å². The molecule has 1 aliphatic heterocycles. The molecule has 7 nitrogen and oxygen atoms in total. The average Bonchev–Trinajstić information content (AvgIpc) is 3.19. The summed E-state index contributed by atoms with van der Waals surface area (Å²) >= 11 is 5.89.